The molecule has 2 N–H and O–H groups in total. The number of nitrogens with one attached hydrogen (secondary N) is 1. The number of oxazole rings is 1. The van der Waals surface area contributed by atoms with E-state index in [0.29, 0.717) is 5.16 Å². The number of hydrogen-bond acceptors (Lipinski definition) is 6. The molecule has 2 aromatic rings. The van der Waals surface area contributed by atoms with E-state index in [0.717, 1.165) is 18.0 Å². The van der Waals surface area contributed by atoms with Crippen molar-refractivity contribution in [3.05, 3.63) is 22.4 Å². The highest BCUT2D eigenvalue weighted by molar-refractivity contribution is 7.98. The Morgan fingerprint density at radius 2 is 2.33 bits per heavy atom. The van der Waals surface area contributed by atoms with E-state index in [1.54, 1.807) is 0 Å². The minimum absolute atomic E-state index is 0.0762. The molecule has 0 unspecified atom stereocenters. The van der Waals surface area contributed by atoms with E-state index in [2.05, 4.69) is 15.2 Å². The van der Waals surface area contributed by atoms with Gasteiger partial charge >= 0.3 is 11.7 Å². The van der Waals surface area contributed by atoms with Crippen LogP contribution in [0, 0.1) is 0 Å². The summed E-state index contributed by atoms with van der Waals surface area (Å²) in [4.78, 5) is 25.9. The van der Waals surface area contributed by atoms with Gasteiger partial charge in [-0.1, -0.05) is 0 Å². The highest BCUT2D eigenvalue weighted by Crippen LogP contribution is 2.25. The van der Waals surface area contributed by atoms with E-state index in [1.807, 2.05) is 13.8 Å². The zero-order valence-corrected chi connectivity index (χ0v) is 10.4. The Kier molecular flexibility index (Phi) is 3.24. The fourth-order valence-electron chi connectivity index (χ4n) is 1.30. The number of aromatic amines is 1. The van der Waals surface area contributed by atoms with Crippen molar-refractivity contribution in [1.82, 2.24) is 19.7 Å². The number of rotatable bonds is 4. The molecule has 0 atom stereocenters. The lowest BCUT2D eigenvalue weighted by molar-refractivity contribution is 0.0690. The molecule has 2 aromatic heterocycles. The van der Waals surface area contributed by atoms with Gasteiger partial charge in [0.25, 0.3) is 5.22 Å². The topological polar surface area (TPSA) is 114 Å². The number of H-pyrrole nitrogens is 1. The van der Waals surface area contributed by atoms with Crippen LogP contribution in [0.15, 0.2) is 25.9 Å². The molecule has 0 bridgehead atoms. The van der Waals surface area contributed by atoms with E-state index >= 15 is 0 Å². The molecule has 0 spiro atoms. The summed E-state index contributed by atoms with van der Waals surface area (Å²) in [5, 5.41) is 15.3. The Balaban J connectivity index is 2.28. The van der Waals surface area contributed by atoms with Crippen LogP contribution in [-0.4, -0.2) is 30.8 Å². The molecule has 0 aliphatic rings. The number of carboxylic acid groups (broad SMARTS) is 1. The summed E-state index contributed by atoms with van der Waals surface area (Å²) >= 11 is 0.981. The van der Waals surface area contributed by atoms with E-state index in [1.165, 1.54) is 4.57 Å². The second kappa shape index (κ2) is 4.69. The summed E-state index contributed by atoms with van der Waals surface area (Å²) in [6.07, 6.45) is 1.04. The van der Waals surface area contributed by atoms with Crippen molar-refractivity contribution in [2.75, 3.05) is 0 Å². The number of nitrogens with zero attached hydrogens (tertiary/aromatic N) is 3. The van der Waals surface area contributed by atoms with Gasteiger partial charge in [-0.25, -0.2) is 14.7 Å². The van der Waals surface area contributed by atoms with Crippen LogP contribution in [-0.2, 0) is 0 Å². The van der Waals surface area contributed by atoms with Crippen LogP contribution in [0.25, 0.3) is 0 Å². The number of hydrogen-bond donors (Lipinski definition) is 2. The molecular weight excluding hydrogens is 260 g/mol. The lowest BCUT2D eigenvalue weighted by atomic mass is 10.4. The number of aromatic carboxylic acids is 1. The zero-order valence-electron chi connectivity index (χ0n) is 9.58. The Morgan fingerprint density at radius 3 is 2.89 bits per heavy atom. The Labute approximate surface area is 105 Å². The molecule has 9 heteroatoms. The van der Waals surface area contributed by atoms with Gasteiger partial charge in [0.05, 0.1) is 0 Å². The molecule has 96 valence electrons. The average molecular weight is 270 g/mol. The molecule has 0 aromatic carbocycles. The van der Waals surface area contributed by atoms with Gasteiger partial charge in [-0.3, -0.25) is 4.57 Å². The SMILES string of the molecule is CC(C)n1c(Sc2nc(C(=O)O)co2)n[nH]c1=O. The van der Waals surface area contributed by atoms with Crippen molar-refractivity contribution < 1.29 is 14.3 Å². The van der Waals surface area contributed by atoms with Crippen molar-refractivity contribution in [3.63, 3.8) is 0 Å². The van der Waals surface area contributed by atoms with Gasteiger partial charge in [-0.15, -0.1) is 5.10 Å². The zero-order chi connectivity index (χ0) is 13.3. The Bertz CT molecular complexity index is 627. The number of aromatic nitrogens is 4. The molecule has 2 rings (SSSR count). The highest BCUT2D eigenvalue weighted by atomic mass is 32.2. The highest BCUT2D eigenvalue weighted by Gasteiger charge is 2.17. The second-order valence-electron chi connectivity index (χ2n) is 3.68. The van der Waals surface area contributed by atoms with Gasteiger partial charge in [-0.2, -0.15) is 4.98 Å². The first-order valence-electron chi connectivity index (χ1n) is 5.02. The summed E-state index contributed by atoms with van der Waals surface area (Å²) in [6, 6.07) is -0.0762. The fraction of sp³-hybridized carbons (Fsp3) is 0.333. The molecule has 8 nitrogen and oxygen atoms in total. The van der Waals surface area contributed by atoms with Crippen molar-refractivity contribution >= 4 is 17.7 Å². The van der Waals surface area contributed by atoms with Crippen LogP contribution in [0.4, 0.5) is 0 Å². The van der Waals surface area contributed by atoms with E-state index in [4.69, 9.17) is 9.52 Å². The molecule has 0 aliphatic carbocycles. The van der Waals surface area contributed by atoms with Gasteiger partial charge < -0.3 is 9.52 Å². The van der Waals surface area contributed by atoms with Gasteiger partial charge in [0.15, 0.2) is 5.69 Å². The monoisotopic (exact) mass is 270 g/mol. The van der Waals surface area contributed by atoms with Gasteiger partial charge in [0, 0.05) is 17.8 Å². The molecule has 0 saturated heterocycles. The largest absolute Gasteiger partial charge is 0.476 e. The smallest absolute Gasteiger partial charge is 0.357 e. The molecule has 0 amide bonds. The third kappa shape index (κ3) is 2.30. The summed E-state index contributed by atoms with van der Waals surface area (Å²) < 4.78 is 6.40. The third-order valence-electron chi connectivity index (χ3n) is 2.07. The molecule has 18 heavy (non-hydrogen) atoms. The van der Waals surface area contributed by atoms with E-state index < -0.39 is 5.97 Å². The average Bonchev–Trinajstić information content (AvgIpc) is 2.86. The van der Waals surface area contributed by atoms with E-state index in [9.17, 15) is 9.59 Å². The predicted molar refractivity (Wildman–Crippen MR) is 60.8 cm³/mol. The first-order chi connectivity index (χ1) is 8.49. The minimum atomic E-state index is -1.17. The Morgan fingerprint density at radius 1 is 1.61 bits per heavy atom. The predicted octanol–water partition coefficient (Wildman–Crippen LogP) is 0.990. The summed E-state index contributed by atoms with van der Waals surface area (Å²) in [6.45, 7) is 3.67. The van der Waals surface area contributed by atoms with E-state index in [-0.39, 0.29) is 22.6 Å². The molecule has 0 radical (unpaired) electrons. The van der Waals surface area contributed by atoms with Crippen LogP contribution >= 0.6 is 11.8 Å². The summed E-state index contributed by atoms with van der Waals surface area (Å²) in [5.74, 6) is -1.17. The maximum atomic E-state index is 11.5. The van der Waals surface area contributed by atoms with Gasteiger partial charge in [0.1, 0.15) is 6.26 Å². The fourth-order valence-corrected chi connectivity index (χ4v) is 2.18. The normalized spacial score (nSPS) is 11.1. The first kappa shape index (κ1) is 12.4. The molecule has 0 aliphatic heterocycles. The van der Waals surface area contributed by atoms with Crippen LogP contribution in [0.1, 0.15) is 30.4 Å². The maximum absolute atomic E-state index is 11.5. The Hall–Kier alpha value is -2.03. The van der Waals surface area contributed by atoms with Crippen molar-refractivity contribution in [1.29, 1.82) is 0 Å². The number of carboxylic acids is 1. The van der Waals surface area contributed by atoms with Crippen molar-refractivity contribution in [2.45, 2.75) is 30.3 Å². The minimum Gasteiger partial charge on any atom is -0.476 e. The molecule has 2 heterocycles. The maximum Gasteiger partial charge on any atom is 0.357 e. The van der Waals surface area contributed by atoms with Gasteiger partial charge in [0.2, 0.25) is 5.16 Å². The molecule has 0 saturated carbocycles. The lowest BCUT2D eigenvalue weighted by Gasteiger charge is -2.06. The standard InChI is InChI=1S/C9H10N4O4S/c1-4(2)13-7(16)11-12-8(13)18-9-10-5(3-17-9)6(14)15/h3-4H,1-2H3,(H,11,16)(H,14,15). The van der Waals surface area contributed by atoms with Crippen LogP contribution in [0.2, 0.25) is 0 Å². The summed E-state index contributed by atoms with van der Waals surface area (Å²) in [7, 11) is 0. The summed E-state index contributed by atoms with van der Waals surface area (Å²) in [5.41, 5.74) is -0.524. The lowest BCUT2D eigenvalue weighted by Crippen LogP contribution is -2.19. The third-order valence-corrected chi connectivity index (χ3v) is 2.90. The van der Waals surface area contributed by atoms with Crippen LogP contribution in [0.3, 0.4) is 0 Å². The van der Waals surface area contributed by atoms with Crippen molar-refractivity contribution in [2.24, 2.45) is 0 Å². The van der Waals surface area contributed by atoms with Crippen LogP contribution in [0.5, 0.6) is 0 Å². The van der Waals surface area contributed by atoms with Gasteiger partial charge in [-0.05, 0) is 13.8 Å². The molecular formula is C9H10N4O4S. The number of carbonyl (C=O) groups is 1. The quantitative estimate of drug-likeness (QED) is 0.851. The van der Waals surface area contributed by atoms with Crippen molar-refractivity contribution in [3.8, 4) is 0 Å². The second-order valence-corrected chi connectivity index (χ2v) is 4.60. The first-order valence-corrected chi connectivity index (χ1v) is 5.84. The van der Waals surface area contributed by atoms with Crippen LogP contribution < -0.4 is 5.69 Å². The molecule has 0 fully saturated rings.